The summed E-state index contributed by atoms with van der Waals surface area (Å²) in [5.41, 5.74) is 4.07. The fraction of sp³-hybridized carbons (Fsp3) is 0.360. The van der Waals surface area contributed by atoms with Gasteiger partial charge in [-0.05, 0) is 42.7 Å². The van der Waals surface area contributed by atoms with E-state index in [0.717, 1.165) is 11.3 Å². The van der Waals surface area contributed by atoms with Crippen molar-refractivity contribution >= 4 is 23.6 Å². The van der Waals surface area contributed by atoms with Gasteiger partial charge in [-0.25, -0.2) is 0 Å². The summed E-state index contributed by atoms with van der Waals surface area (Å²) in [4.78, 5) is 29.1. The van der Waals surface area contributed by atoms with E-state index >= 15 is 0 Å². The average Bonchev–Trinajstić information content (AvgIpc) is 3.31. The van der Waals surface area contributed by atoms with Crippen molar-refractivity contribution in [3.8, 4) is 5.69 Å². The highest BCUT2D eigenvalue weighted by Crippen LogP contribution is 2.22. The number of carbonyl (C=O) groups is 2. The number of thioether (sulfide) groups is 1. The molecule has 0 N–H and O–H groups in total. The van der Waals surface area contributed by atoms with Crippen LogP contribution in [0.15, 0.2) is 60.0 Å². The van der Waals surface area contributed by atoms with Gasteiger partial charge in [-0.2, -0.15) is 0 Å². The number of benzene rings is 2. The van der Waals surface area contributed by atoms with Crippen LogP contribution in [-0.2, 0) is 4.79 Å². The zero-order valence-corrected chi connectivity index (χ0v) is 20.1. The van der Waals surface area contributed by atoms with E-state index in [1.54, 1.807) is 6.33 Å². The zero-order chi connectivity index (χ0) is 23.4. The Morgan fingerprint density at radius 1 is 0.939 bits per heavy atom. The first-order valence-corrected chi connectivity index (χ1v) is 12.2. The van der Waals surface area contributed by atoms with E-state index in [1.165, 1.54) is 17.3 Å². The van der Waals surface area contributed by atoms with Gasteiger partial charge in [0.05, 0.1) is 5.75 Å². The van der Waals surface area contributed by atoms with Gasteiger partial charge in [-0.1, -0.05) is 55.4 Å². The number of hydrogen-bond acceptors (Lipinski definition) is 5. The molecular weight excluding hydrogens is 434 g/mol. The number of piperazine rings is 1. The lowest BCUT2D eigenvalue weighted by Gasteiger charge is -2.34. The Morgan fingerprint density at radius 2 is 1.58 bits per heavy atom. The summed E-state index contributed by atoms with van der Waals surface area (Å²) in [6.45, 7) is 8.50. The minimum Gasteiger partial charge on any atom is -0.338 e. The van der Waals surface area contributed by atoms with Crippen LogP contribution in [0.1, 0.15) is 41.3 Å². The largest absolute Gasteiger partial charge is 0.338 e. The number of hydrogen-bond donors (Lipinski definition) is 0. The number of carbonyl (C=O) groups excluding carboxylic acids is 2. The van der Waals surface area contributed by atoms with Gasteiger partial charge < -0.3 is 9.80 Å². The van der Waals surface area contributed by atoms with Gasteiger partial charge >= 0.3 is 0 Å². The lowest BCUT2D eigenvalue weighted by Crippen LogP contribution is -2.51. The van der Waals surface area contributed by atoms with E-state index in [0.29, 0.717) is 42.8 Å². The summed E-state index contributed by atoms with van der Waals surface area (Å²) in [5, 5.41) is 8.92. The minimum atomic E-state index is 0.0214. The monoisotopic (exact) mass is 463 g/mol. The van der Waals surface area contributed by atoms with Crippen LogP contribution in [-0.4, -0.2) is 68.3 Å². The first-order chi connectivity index (χ1) is 15.9. The molecule has 1 aliphatic heterocycles. The standard InChI is InChI=1S/C25H29N5O2S/c1-18(2)20-8-10-22(11-9-20)30-17-26-27-25(30)33-16-23(31)28-12-14-29(15-13-28)24(32)21-6-4-19(3)5-7-21/h4-11,17-18H,12-16H2,1-3H3. The van der Waals surface area contributed by atoms with Crippen molar-refractivity contribution in [2.75, 3.05) is 31.9 Å². The van der Waals surface area contributed by atoms with Crippen molar-refractivity contribution in [1.29, 1.82) is 0 Å². The molecule has 1 saturated heterocycles. The van der Waals surface area contributed by atoms with Crippen LogP contribution < -0.4 is 0 Å². The van der Waals surface area contributed by atoms with E-state index in [4.69, 9.17) is 0 Å². The molecule has 0 aliphatic carbocycles. The highest BCUT2D eigenvalue weighted by atomic mass is 32.2. The number of amides is 2. The van der Waals surface area contributed by atoms with Crippen molar-refractivity contribution in [3.05, 3.63) is 71.5 Å². The third-order valence-corrected chi connectivity index (χ3v) is 6.83. The second-order valence-corrected chi connectivity index (χ2v) is 9.50. The molecule has 1 aliphatic rings. The minimum absolute atomic E-state index is 0.0214. The normalized spacial score (nSPS) is 14.1. The second kappa shape index (κ2) is 10.2. The molecule has 0 bridgehead atoms. The maximum Gasteiger partial charge on any atom is 0.253 e. The summed E-state index contributed by atoms with van der Waals surface area (Å²) < 4.78 is 1.90. The van der Waals surface area contributed by atoms with Crippen molar-refractivity contribution in [1.82, 2.24) is 24.6 Å². The Balaban J connectivity index is 1.30. The van der Waals surface area contributed by atoms with E-state index < -0.39 is 0 Å². The molecule has 8 heteroatoms. The average molecular weight is 464 g/mol. The second-order valence-electron chi connectivity index (χ2n) is 8.56. The van der Waals surface area contributed by atoms with Crippen molar-refractivity contribution in [3.63, 3.8) is 0 Å². The Kier molecular flexibility index (Phi) is 7.13. The van der Waals surface area contributed by atoms with E-state index in [9.17, 15) is 9.59 Å². The molecule has 2 heterocycles. The molecule has 7 nitrogen and oxygen atoms in total. The van der Waals surface area contributed by atoms with Crippen LogP contribution in [0.2, 0.25) is 0 Å². The number of rotatable bonds is 6. The Bertz CT molecular complexity index is 1100. The molecule has 0 atom stereocenters. The quantitative estimate of drug-likeness (QED) is 0.521. The van der Waals surface area contributed by atoms with Gasteiger partial charge in [0.1, 0.15) is 6.33 Å². The fourth-order valence-corrected chi connectivity index (χ4v) is 4.61. The van der Waals surface area contributed by atoms with Gasteiger partial charge in [0.15, 0.2) is 5.16 Å². The Labute approximate surface area is 198 Å². The Morgan fingerprint density at radius 3 is 2.21 bits per heavy atom. The van der Waals surface area contributed by atoms with Crippen molar-refractivity contribution in [2.24, 2.45) is 0 Å². The first-order valence-electron chi connectivity index (χ1n) is 11.2. The molecule has 0 radical (unpaired) electrons. The summed E-state index contributed by atoms with van der Waals surface area (Å²) in [5.74, 6) is 0.827. The molecule has 33 heavy (non-hydrogen) atoms. The van der Waals surface area contributed by atoms with E-state index in [2.05, 4.69) is 48.3 Å². The van der Waals surface area contributed by atoms with Crippen molar-refractivity contribution < 1.29 is 9.59 Å². The molecule has 2 aromatic carbocycles. The van der Waals surface area contributed by atoms with Gasteiger partial charge in [0.2, 0.25) is 5.91 Å². The molecule has 0 unspecified atom stereocenters. The molecule has 1 aromatic heterocycles. The molecule has 2 amide bonds. The molecule has 0 spiro atoms. The first kappa shape index (κ1) is 23.0. The maximum atomic E-state index is 12.8. The van der Waals surface area contributed by atoms with Gasteiger partial charge in [0.25, 0.3) is 5.91 Å². The van der Waals surface area contributed by atoms with E-state index in [1.807, 2.05) is 45.6 Å². The predicted molar refractivity (Wildman–Crippen MR) is 130 cm³/mol. The highest BCUT2D eigenvalue weighted by Gasteiger charge is 2.25. The third kappa shape index (κ3) is 5.45. The molecule has 172 valence electrons. The summed E-state index contributed by atoms with van der Waals surface area (Å²) in [6.07, 6.45) is 1.67. The van der Waals surface area contributed by atoms with Crippen LogP contribution >= 0.6 is 11.8 Å². The van der Waals surface area contributed by atoms with Crippen LogP contribution in [0.3, 0.4) is 0 Å². The maximum absolute atomic E-state index is 12.8. The molecule has 0 saturated carbocycles. The third-order valence-electron chi connectivity index (χ3n) is 5.90. The molecular formula is C25H29N5O2S. The highest BCUT2D eigenvalue weighted by molar-refractivity contribution is 7.99. The summed E-state index contributed by atoms with van der Waals surface area (Å²) in [6, 6.07) is 15.9. The summed E-state index contributed by atoms with van der Waals surface area (Å²) in [7, 11) is 0. The SMILES string of the molecule is Cc1ccc(C(=O)N2CCN(C(=O)CSc3nncn3-c3ccc(C(C)C)cc3)CC2)cc1. The number of aromatic nitrogens is 3. The number of nitrogens with zero attached hydrogens (tertiary/aromatic N) is 5. The smallest absolute Gasteiger partial charge is 0.253 e. The number of aryl methyl sites for hydroxylation is 1. The predicted octanol–water partition coefficient (Wildman–Crippen LogP) is 3.78. The zero-order valence-electron chi connectivity index (χ0n) is 19.3. The van der Waals surface area contributed by atoms with Crippen LogP contribution in [0.25, 0.3) is 5.69 Å². The fourth-order valence-electron chi connectivity index (χ4n) is 3.77. The molecule has 1 fully saturated rings. The van der Waals surface area contributed by atoms with Gasteiger partial charge in [0, 0.05) is 37.4 Å². The van der Waals surface area contributed by atoms with Crippen molar-refractivity contribution in [2.45, 2.75) is 31.8 Å². The van der Waals surface area contributed by atoms with Crippen LogP contribution in [0.4, 0.5) is 0 Å². The topological polar surface area (TPSA) is 71.3 Å². The summed E-state index contributed by atoms with van der Waals surface area (Å²) >= 11 is 1.38. The van der Waals surface area contributed by atoms with E-state index in [-0.39, 0.29) is 17.6 Å². The van der Waals surface area contributed by atoms with Gasteiger partial charge in [-0.15, -0.1) is 10.2 Å². The molecule has 3 aromatic rings. The van der Waals surface area contributed by atoms with Crippen LogP contribution in [0, 0.1) is 6.92 Å². The lowest BCUT2D eigenvalue weighted by molar-refractivity contribution is -0.129. The van der Waals surface area contributed by atoms with Gasteiger partial charge in [-0.3, -0.25) is 14.2 Å². The molecule has 4 rings (SSSR count). The Hall–Kier alpha value is -3.13. The van der Waals surface area contributed by atoms with Crippen LogP contribution in [0.5, 0.6) is 0 Å². The lowest BCUT2D eigenvalue weighted by atomic mass is 10.0.